The number of likely N-dealkylation sites (tertiary alicyclic amines) is 1. The van der Waals surface area contributed by atoms with E-state index in [4.69, 9.17) is 16.0 Å². The van der Waals surface area contributed by atoms with E-state index in [0.29, 0.717) is 17.5 Å². The van der Waals surface area contributed by atoms with Crippen molar-refractivity contribution < 1.29 is 9.21 Å². The lowest BCUT2D eigenvalue weighted by molar-refractivity contribution is 0.0814. The first kappa shape index (κ1) is 18.4. The number of aromatic nitrogens is 1. The van der Waals surface area contributed by atoms with E-state index in [1.165, 1.54) is 11.3 Å². The fraction of sp³-hybridized carbons (Fsp3) is 0.333. The van der Waals surface area contributed by atoms with Crippen LogP contribution in [0.3, 0.4) is 0 Å². The van der Waals surface area contributed by atoms with Crippen molar-refractivity contribution in [1.29, 1.82) is 0 Å². The van der Waals surface area contributed by atoms with Crippen LogP contribution in [0.4, 0.5) is 0 Å². The van der Waals surface area contributed by atoms with Crippen molar-refractivity contribution in [3.8, 4) is 11.5 Å². The number of oxazole rings is 1. The monoisotopic (exact) mass is 400 g/mol. The van der Waals surface area contributed by atoms with Gasteiger partial charge in [-0.2, -0.15) is 0 Å². The maximum atomic E-state index is 12.7. The SMILES string of the molecule is Cc1oc(-c2ccccc2Cl)nc1CN1CCCC(C(=O)c2cccs2)C1. The molecule has 1 fully saturated rings. The Morgan fingerprint density at radius 3 is 2.96 bits per heavy atom. The van der Waals surface area contributed by atoms with Gasteiger partial charge in [0.15, 0.2) is 5.78 Å². The van der Waals surface area contributed by atoms with Gasteiger partial charge < -0.3 is 4.42 Å². The third-order valence-corrected chi connectivity index (χ3v) is 6.22. The zero-order valence-corrected chi connectivity index (χ0v) is 16.7. The normalized spacial score (nSPS) is 17.9. The molecule has 1 aliphatic heterocycles. The smallest absolute Gasteiger partial charge is 0.228 e. The number of halogens is 1. The lowest BCUT2D eigenvalue weighted by Gasteiger charge is -2.31. The molecule has 0 aliphatic carbocycles. The number of carbonyl (C=O) groups is 1. The average Bonchev–Trinajstić information content (AvgIpc) is 3.32. The van der Waals surface area contributed by atoms with Crippen LogP contribution in [-0.2, 0) is 6.54 Å². The minimum absolute atomic E-state index is 0.0626. The molecule has 1 aromatic carbocycles. The molecule has 140 valence electrons. The molecule has 27 heavy (non-hydrogen) atoms. The number of Topliss-reactive ketones (excluding diaryl/α,β-unsaturated/α-hetero) is 1. The molecule has 1 atom stereocenters. The van der Waals surface area contributed by atoms with Crippen molar-refractivity contribution in [2.24, 2.45) is 5.92 Å². The molecule has 1 unspecified atom stereocenters. The largest absolute Gasteiger partial charge is 0.441 e. The summed E-state index contributed by atoms with van der Waals surface area (Å²) in [5.74, 6) is 1.68. The number of ketones is 1. The van der Waals surface area contributed by atoms with Crippen molar-refractivity contribution in [2.75, 3.05) is 13.1 Å². The fourth-order valence-corrected chi connectivity index (χ4v) is 4.53. The number of thiophene rings is 1. The van der Waals surface area contributed by atoms with Crippen LogP contribution in [0.5, 0.6) is 0 Å². The van der Waals surface area contributed by atoms with Gasteiger partial charge in [0.2, 0.25) is 5.89 Å². The highest BCUT2D eigenvalue weighted by Gasteiger charge is 2.28. The Kier molecular flexibility index (Phi) is 5.43. The number of hydrogen-bond donors (Lipinski definition) is 0. The molecular formula is C21H21ClN2O2S. The van der Waals surface area contributed by atoms with E-state index < -0.39 is 0 Å². The lowest BCUT2D eigenvalue weighted by Crippen LogP contribution is -2.38. The van der Waals surface area contributed by atoms with Crippen LogP contribution >= 0.6 is 22.9 Å². The minimum Gasteiger partial charge on any atom is -0.441 e. The zero-order valence-electron chi connectivity index (χ0n) is 15.2. The van der Waals surface area contributed by atoms with Crippen molar-refractivity contribution in [3.63, 3.8) is 0 Å². The van der Waals surface area contributed by atoms with Gasteiger partial charge in [-0.3, -0.25) is 9.69 Å². The summed E-state index contributed by atoms with van der Waals surface area (Å²) in [6.07, 6.45) is 1.98. The Labute approximate surface area is 167 Å². The molecule has 0 spiro atoms. The third kappa shape index (κ3) is 4.00. The van der Waals surface area contributed by atoms with E-state index in [2.05, 4.69) is 9.88 Å². The molecule has 4 nitrogen and oxygen atoms in total. The van der Waals surface area contributed by atoms with E-state index in [0.717, 1.165) is 47.8 Å². The van der Waals surface area contributed by atoms with Crippen LogP contribution in [0.1, 0.15) is 34.0 Å². The molecule has 0 bridgehead atoms. The van der Waals surface area contributed by atoms with E-state index >= 15 is 0 Å². The van der Waals surface area contributed by atoms with Crippen LogP contribution < -0.4 is 0 Å². The maximum Gasteiger partial charge on any atom is 0.228 e. The van der Waals surface area contributed by atoms with E-state index in [1.807, 2.05) is 48.7 Å². The summed E-state index contributed by atoms with van der Waals surface area (Å²) in [6.45, 7) is 4.36. The summed E-state index contributed by atoms with van der Waals surface area (Å²) in [5, 5.41) is 2.59. The number of carbonyl (C=O) groups excluding carboxylic acids is 1. The molecule has 1 aliphatic rings. The Morgan fingerprint density at radius 1 is 1.33 bits per heavy atom. The Morgan fingerprint density at radius 2 is 2.19 bits per heavy atom. The maximum absolute atomic E-state index is 12.7. The van der Waals surface area contributed by atoms with Crippen molar-refractivity contribution in [2.45, 2.75) is 26.3 Å². The second-order valence-corrected chi connectivity index (χ2v) is 8.27. The second kappa shape index (κ2) is 7.97. The number of piperidine rings is 1. The van der Waals surface area contributed by atoms with Crippen LogP contribution in [-0.4, -0.2) is 28.8 Å². The summed E-state index contributed by atoms with van der Waals surface area (Å²) in [7, 11) is 0. The van der Waals surface area contributed by atoms with Gasteiger partial charge in [0, 0.05) is 19.0 Å². The van der Waals surface area contributed by atoms with Gasteiger partial charge in [-0.05, 0) is 49.9 Å². The Bertz CT molecular complexity index is 936. The van der Waals surface area contributed by atoms with Crippen LogP contribution in [0.2, 0.25) is 5.02 Å². The molecular weight excluding hydrogens is 380 g/mol. The molecule has 6 heteroatoms. The third-order valence-electron chi connectivity index (χ3n) is 5.01. The summed E-state index contributed by atoms with van der Waals surface area (Å²) in [6, 6.07) is 11.4. The van der Waals surface area contributed by atoms with Gasteiger partial charge in [-0.1, -0.05) is 29.8 Å². The first-order valence-corrected chi connectivity index (χ1v) is 10.4. The highest BCUT2D eigenvalue weighted by atomic mass is 35.5. The molecule has 3 heterocycles. The molecule has 0 saturated carbocycles. The van der Waals surface area contributed by atoms with Gasteiger partial charge in [-0.15, -0.1) is 11.3 Å². The standard InChI is InChI=1S/C21H21ClN2O2S/c1-14-18(23-21(26-14)16-7-2-3-8-17(16)22)13-24-10-4-6-15(12-24)20(25)19-9-5-11-27-19/h2-3,5,7-9,11,15H,4,6,10,12-13H2,1H3. The molecule has 1 saturated heterocycles. The van der Waals surface area contributed by atoms with Gasteiger partial charge in [0.05, 0.1) is 21.2 Å². The van der Waals surface area contributed by atoms with Crippen LogP contribution in [0, 0.1) is 12.8 Å². The fourth-order valence-electron chi connectivity index (χ4n) is 3.57. The van der Waals surface area contributed by atoms with Crippen molar-refractivity contribution >= 4 is 28.7 Å². The molecule has 2 aromatic heterocycles. The number of aryl methyl sites for hydroxylation is 1. The quantitative estimate of drug-likeness (QED) is 0.533. The summed E-state index contributed by atoms with van der Waals surface area (Å²) < 4.78 is 5.87. The summed E-state index contributed by atoms with van der Waals surface area (Å²) in [5.41, 5.74) is 1.71. The van der Waals surface area contributed by atoms with Gasteiger partial charge in [-0.25, -0.2) is 4.98 Å². The molecule has 0 N–H and O–H groups in total. The predicted octanol–water partition coefficient (Wildman–Crippen LogP) is 5.46. The van der Waals surface area contributed by atoms with Gasteiger partial charge in [0.1, 0.15) is 5.76 Å². The lowest BCUT2D eigenvalue weighted by atomic mass is 9.93. The van der Waals surface area contributed by atoms with Crippen molar-refractivity contribution in [1.82, 2.24) is 9.88 Å². The molecule has 4 rings (SSSR count). The zero-order chi connectivity index (χ0) is 18.8. The van der Waals surface area contributed by atoms with Crippen molar-refractivity contribution in [3.05, 3.63) is 63.1 Å². The van der Waals surface area contributed by atoms with E-state index in [1.54, 1.807) is 0 Å². The first-order valence-electron chi connectivity index (χ1n) is 9.13. The molecule has 0 radical (unpaired) electrons. The first-order chi connectivity index (χ1) is 13.1. The number of rotatable bonds is 5. The van der Waals surface area contributed by atoms with E-state index in [9.17, 15) is 4.79 Å². The van der Waals surface area contributed by atoms with Gasteiger partial charge >= 0.3 is 0 Å². The number of hydrogen-bond acceptors (Lipinski definition) is 5. The van der Waals surface area contributed by atoms with Crippen LogP contribution in [0.25, 0.3) is 11.5 Å². The Balaban J connectivity index is 1.48. The highest BCUT2D eigenvalue weighted by Crippen LogP contribution is 2.30. The number of benzene rings is 1. The summed E-state index contributed by atoms with van der Waals surface area (Å²) >= 11 is 7.79. The van der Waals surface area contributed by atoms with E-state index in [-0.39, 0.29) is 11.7 Å². The Hall–Kier alpha value is -1.95. The minimum atomic E-state index is 0.0626. The van der Waals surface area contributed by atoms with Gasteiger partial charge in [0.25, 0.3) is 0 Å². The number of nitrogens with zero attached hydrogens (tertiary/aromatic N) is 2. The molecule has 3 aromatic rings. The second-order valence-electron chi connectivity index (χ2n) is 6.92. The summed E-state index contributed by atoms with van der Waals surface area (Å²) in [4.78, 5) is 20.5. The highest BCUT2D eigenvalue weighted by molar-refractivity contribution is 7.12. The topological polar surface area (TPSA) is 46.3 Å². The van der Waals surface area contributed by atoms with Crippen LogP contribution in [0.15, 0.2) is 46.2 Å². The molecule has 0 amide bonds. The average molecular weight is 401 g/mol. The predicted molar refractivity (Wildman–Crippen MR) is 108 cm³/mol.